The Balaban J connectivity index is 1.18. The molecule has 2 aliphatic heterocycles. The minimum Gasteiger partial charge on any atom is -0.494 e. The van der Waals surface area contributed by atoms with Crippen molar-refractivity contribution in [3.05, 3.63) is 118 Å². The van der Waals surface area contributed by atoms with Crippen LogP contribution in [0, 0.1) is 18.3 Å². The fourth-order valence-corrected chi connectivity index (χ4v) is 10.2. The van der Waals surface area contributed by atoms with Gasteiger partial charge in [0, 0.05) is 19.9 Å². The zero-order valence-corrected chi connectivity index (χ0v) is 34.3. The Labute approximate surface area is 345 Å². The minimum atomic E-state index is -4.43. The van der Waals surface area contributed by atoms with Crippen LogP contribution in [0.5, 0.6) is 17.2 Å². The number of nitrogens with zero attached hydrogens (tertiary/aromatic N) is 3. The summed E-state index contributed by atoms with van der Waals surface area (Å²) in [5, 5.41) is 14.6. The quantitative estimate of drug-likeness (QED) is 0.143. The van der Waals surface area contributed by atoms with Crippen molar-refractivity contribution in [2.45, 2.75) is 62.6 Å². The molecule has 0 fully saturated rings. The fraction of sp³-hybridized carbons (Fsp3) is 0.279. The molecule has 304 valence electrons. The standard InChI is InChI=1S/C43H41N5O9S2/c1-5-55-34-16-14-31(15-17-34)39-24-56-37-20-32-19-36(48(23-33(32)21-38(37)57-39)59(52,53)42-25(2)45-43(58-42)46-26(3)49)40(50)47-35(41(51)54-4)18-27-6-10-29(11-7-27)30-12-8-28(22-44)9-13-30/h6-17,20-21,35-36,39H,5,18-19,23-24H2,1-4H3,(H,47,50)(H,45,46,49)/t35-,36?,39+/m0/s1. The Kier molecular flexibility index (Phi) is 12.0. The van der Waals surface area contributed by atoms with Crippen molar-refractivity contribution in [2.75, 3.05) is 25.6 Å². The van der Waals surface area contributed by atoms with Gasteiger partial charge >= 0.3 is 5.97 Å². The second kappa shape index (κ2) is 17.3. The number of benzene rings is 4. The number of nitrogens with one attached hydrogen (secondary N) is 2. The molecule has 14 nitrogen and oxygen atoms in total. The number of aryl methyl sites for hydroxylation is 1. The molecule has 2 amide bonds. The Bertz CT molecular complexity index is 2530. The van der Waals surface area contributed by atoms with Crippen molar-refractivity contribution in [1.29, 1.82) is 5.26 Å². The minimum absolute atomic E-state index is 0.0526. The lowest BCUT2D eigenvalue weighted by Crippen LogP contribution is -2.56. The Hall–Kier alpha value is -6.28. The van der Waals surface area contributed by atoms with Gasteiger partial charge in [0.15, 0.2) is 26.9 Å². The summed E-state index contributed by atoms with van der Waals surface area (Å²) in [6.07, 6.45) is -0.430. The number of esters is 1. The highest BCUT2D eigenvalue weighted by molar-refractivity contribution is 7.91. The topological polar surface area (TPSA) is 186 Å². The molecule has 0 spiro atoms. The summed E-state index contributed by atoms with van der Waals surface area (Å²) < 4.78 is 53.4. The maximum atomic E-state index is 14.6. The smallest absolute Gasteiger partial charge is 0.328 e. The van der Waals surface area contributed by atoms with E-state index in [9.17, 15) is 22.8 Å². The number of rotatable bonds is 12. The van der Waals surface area contributed by atoms with Crippen LogP contribution in [-0.2, 0) is 48.5 Å². The van der Waals surface area contributed by atoms with E-state index in [1.165, 1.54) is 21.0 Å². The van der Waals surface area contributed by atoms with Gasteiger partial charge in [0.05, 0.1) is 31.0 Å². The molecule has 0 saturated carbocycles. The largest absolute Gasteiger partial charge is 0.494 e. The number of sulfonamides is 1. The highest BCUT2D eigenvalue weighted by atomic mass is 32.2. The number of carbonyl (C=O) groups excluding carboxylic acids is 3. The molecular weight excluding hydrogens is 795 g/mol. The first-order chi connectivity index (χ1) is 28.4. The van der Waals surface area contributed by atoms with Gasteiger partial charge in [-0.3, -0.25) is 9.59 Å². The summed E-state index contributed by atoms with van der Waals surface area (Å²) in [6.45, 7) is 5.27. The zero-order valence-electron chi connectivity index (χ0n) is 32.7. The molecule has 0 radical (unpaired) electrons. The SMILES string of the molecule is CCOc1ccc([C@H]2COc3cc4c(cc3O2)CN(S(=O)(=O)c2sc(NC(C)=O)nc2C)C(C(=O)N[C@@H](Cc2ccc(-c3ccc(C#N)cc3)cc2)C(=O)OC)C4)cc1. The molecule has 5 aromatic rings. The normalized spacial score (nSPS) is 16.5. The monoisotopic (exact) mass is 835 g/mol. The van der Waals surface area contributed by atoms with Crippen molar-refractivity contribution in [2.24, 2.45) is 0 Å². The maximum Gasteiger partial charge on any atom is 0.328 e. The van der Waals surface area contributed by atoms with Gasteiger partial charge < -0.3 is 29.6 Å². The third-order valence-electron chi connectivity index (χ3n) is 10.0. The van der Waals surface area contributed by atoms with E-state index in [2.05, 4.69) is 21.7 Å². The van der Waals surface area contributed by atoms with Crippen molar-refractivity contribution < 1.29 is 41.7 Å². The summed E-state index contributed by atoms with van der Waals surface area (Å²) in [7, 11) is -3.21. The third kappa shape index (κ3) is 8.92. The average molecular weight is 836 g/mol. The number of aromatic nitrogens is 1. The van der Waals surface area contributed by atoms with Gasteiger partial charge in [0.25, 0.3) is 10.0 Å². The molecule has 1 aromatic heterocycles. The lowest BCUT2D eigenvalue weighted by Gasteiger charge is -2.36. The average Bonchev–Trinajstić information content (AvgIpc) is 3.61. The third-order valence-corrected chi connectivity index (χ3v) is 13.5. The zero-order chi connectivity index (χ0) is 41.8. The molecule has 0 saturated heterocycles. The predicted octanol–water partition coefficient (Wildman–Crippen LogP) is 5.88. The number of fused-ring (bicyclic) bond motifs is 2. The Morgan fingerprint density at radius 3 is 2.32 bits per heavy atom. The summed E-state index contributed by atoms with van der Waals surface area (Å²) in [5.41, 5.74) is 5.35. The van der Waals surface area contributed by atoms with Crippen molar-refractivity contribution in [3.63, 3.8) is 0 Å². The number of thiazole rings is 1. The first kappa shape index (κ1) is 40.9. The number of hydrogen-bond donors (Lipinski definition) is 2. The number of anilines is 1. The summed E-state index contributed by atoms with van der Waals surface area (Å²) in [4.78, 5) is 43.7. The molecule has 59 heavy (non-hydrogen) atoms. The first-order valence-corrected chi connectivity index (χ1v) is 21.0. The van der Waals surface area contributed by atoms with Crippen molar-refractivity contribution >= 4 is 44.3 Å². The predicted molar refractivity (Wildman–Crippen MR) is 219 cm³/mol. The lowest BCUT2D eigenvalue weighted by molar-refractivity contribution is -0.145. The molecule has 4 aromatic carbocycles. The molecule has 1 unspecified atom stereocenters. The molecule has 3 heterocycles. The van der Waals surface area contributed by atoms with E-state index in [0.717, 1.165) is 43.6 Å². The van der Waals surface area contributed by atoms with E-state index in [4.69, 9.17) is 24.2 Å². The van der Waals surface area contributed by atoms with Crippen LogP contribution in [0.15, 0.2) is 89.1 Å². The summed E-state index contributed by atoms with van der Waals surface area (Å²) in [6, 6.07) is 25.2. The molecule has 2 N–H and O–H groups in total. The van der Waals surface area contributed by atoms with Crippen LogP contribution in [0.2, 0.25) is 0 Å². The van der Waals surface area contributed by atoms with Gasteiger partial charge in [-0.25, -0.2) is 18.2 Å². The second-order valence-corrected chi connectivity index (χ2v) is 17.1. The van der Waals surface area contributed by atoms with E-state index in [1.54, 1.807) is 24.3 Å². The number of nitriles is 1. The van der Waals surface area contributed by atoms with Crippen molar-refractivity contribution in [1.82, 2.24) is 14.6 Å². The van der Waals surface area contributed by atoms with E-state index in [0.29, 0.717) is 34.8 Å². The molecule has 7 rings (SSSR count). The molecule has 0 aliphatic carbocycles. The second-order valence-electron chi connectivity index (χ2n) is 14.0. The maximum absolute atomic E-state index is 14.6. The highest BCUT2D eigenvalue weighted by Crippen LogP contribution is 2.42. The van der Waals surface area contributed by atoms with Gasteiger partial charge in [0.1, 0.15) is 24.4 Å². The van der Waals surface area contributed by atoms with Crippen LogP contribution < -0.4 is 24.8 Å². The van der Waals surface area contributed by atoms with Gasteiger partial charge in [-0.05, 0) is 90.0 Å². The molecule has 16 heteroatoms. The fourth-order valence-electron chi connectivity index (χ4n) is 7.05. The lowest BCUT2D eigenvalue weighted by atomic mass is 9.93. The van der Waals surface area contributed by atoms with Crippen LogP contribution in [0.4, 0.5) is 5.13 Å². The number of hydrogen-bond acceptors (Lipinski definition) is 12. The number of ether oxygens (including phenoxy) is 4. The molecule has 2 aliphatic rings. The van der Waals surface area contributed by atoms with Gasteiger partial charge in [-0.1, -0.05) is 59.9 Å². The Morgan fingerprint density at radius 1 is 1.00 bits per heavy atom. The summed E-state index contributed by atoms with van der Waals surface area (Å²) >= 11 is 0.787. The highest BCUT2D eigenvalue weighted by Gasteiger charge is 2.43. The van der Waals surface area contributed by atoms with Gasteiger partial charge in [0.2, 0.25) is 11.8 Å². The number of amides is 2. The Morgan fingerprint density at radius 2 is 1.68 bits per heavy atom. The van der Waals surface area contributed by atoms with E-state index in [1.807, 2.05) is 67.6 Å². The first-order valence-electron chi connectivity index (χ1n) is 18.8. The number of carbonyl (C=O) groups is 3. The van der Waals surface area contributed by atoms with E-state index >= 15 is 0 Å². The summed E-state index contributed by atoms with van der Waals surface area (Å²) in [5.74, 6) is -0.224. The van der Waals surface area contributed by atoms with Gasteiger partial charge in [-0.15, -0.1) is 0 Å². The van der Waals surface area contributed by atoms with E-state index < -0.39 is 46.0 Å². The van der Waals surface area contributed by atoms with Crippen LogP contribution in [0.3, 0.4) is 0 Å². The van der Waals surface area contributed by atoms with Crippen LogP contribution in [0.25, 0.3) is 11.1 Å². The van der Waals surface area contributed by atoms with Gasteiger partial charge in [-0.2, -0.15) is 9.57 Å². The van der Waals surface area contributed by atoms with Crippen molar-refractivity contribution in [3.8, 4) is 34.4 Å². The van der Waals surface area contributed by atoms with Crippen LogP contribution >= 0.6 is 11.3 Å². The molecule has 0 bridgehead atoms. The van der Waals surface area contributed by atoms with Crippen LogP contribution in [0.1, 0.15) is 53.5 Å². The van der Waals surface area contributed by atoms with Crippen LogP contribution in [-0.4, -0.2) is 67.9 Å². The molecular formula is C43H41N5O9S2. The van der Waals surface area contributed by atoms with E-state index in [-0.39, 0.29) is 41.0 Å². The molecule has 3 atom stereocenters. The number of methoxy groups -OCH3 is 1.